The second-order valence-electron chi connectivity index (χ2n) is 6.36. The van der Waals surface area contributed by atoms with Gasteiger partial charge in [-0.05, 0) is 39.8 Å². The third kappa shape index (κ3) is 3.60. The Morgan fingerprint density at radius 2 is 1.50 bits per heavy atom. The SMILES string of the molecule is CCOC(=O)C1=C(C)NC(C)=C(C(=O)OCC)C1c1cnc2ccccc2n1. The van der Waals surface area contributed by atoms with Gasteiger partial charge in [-0.2, -0.15) is 0 Å². The van der Waals surface area contributed by atoms with Crippen LogP contribution in [0, 0.1) is 0 Å². The lowest BCUT2D eigenvalue weighted by Gasteiger charge is -2.29. The third-order valence-electron chi connectivity index (χ3n) is 4.51. The summed E-state index contributed by atoms with van der Waals surface area (Å²) in [5.74, 6) is -1.72. The molecule has 0 amide bonds. The maximum Gasteiger partial charge on any atom is 0.336 e. The van der Waals surface area contributed by atoms with E-state index in [9.17, 15) is 9.59 Å². The van der Waals surface area contributed by atoms with E-state index in [1.54, 1.807) is 33.9 Å². The topological polar surface area (TPSA) is 90.4 Å². The molecule has 3 rings (SSSR count). The minimum Gasteiger partial charge on any atom is -0.463 e. The highest BCUT2D eigenvalue weighted by Gasteiger charge is 2.39. The molecular weight excluding hydrogens is 358 g/mol. The molecule has 2 heterocycles. The van der Waals surface area contributed by atoms with Crippen LogP contribution in [0.5, 0.6) is 0 Å². The first kappa shape index (κ1) is 19.5. The smallest absolute Gasteiger partial charge is 0.336 e. The first-order valence-electron chi connectivity index (χ1n) is 9.22. The second-order valence-corrected chi connectivity index (χ2v) is 6.36. The Kier molecular flexibility index (Phi) is 5.73. The van der Waals surface area contributed by atoms with Crippen LogP contribution in [-0.4, -0.2) is 35.1 Å². The Balaban J connectivity index is 2.20. The van der Waals surface area contributed by atoms with Gasteiger partial charge in [-0.1, -0.05) is 12.1 Å². The summed E-state index contributed by atoms with van der Waals surface area (Å²) >= 11 is 0. The highest BCUT2D eigenvalue weighted by atomic mass is 16.5. The van der Waals surface area contributed by atoms with E-state index in [4.69, 9.17) is 9.47 Å². The van der Waals surface area contributed by atoms with Crippen molar-refractivity contribution in [3.63, 3.8) is 0 Å². The number of rotatable bonds is 5. The quantitative estimate of drug-likeness (QED) is 0.796. The van der Waals surface area contributed by atoms with Gasteiger partial charge in [0.05, 0.1) is 53.2 Å². The lowest BCUT2D eigenvalue weighted by Crippen LogP contribution is -2.33. The number of nitrogens with one attached hydrogen (secondary N) is 1. The number of aromatic nitrogens is 2. The molecule has 0 unspecified atom stereocenters. The van der Waals surface area contributed by atoms with Gasteiger partial charge in [0.25, 0.3) is 0 Å². The molecule has 0 radical (unpaired) electrons. The fraction of sp³-hybridized carbons (Fsp3) is 0.333. The zero-order chi connectivity index (χ0) is 20.3. The number of ether oxygens (including phenoxy) is 2. The van der Waals surface area contributed by atoms with Crippen molar-refractivity contribution in [2.45, 2.75) is 33.6 Å². The Bertz CT molecular complexity index is 954. The lowest BCUT2D eigenvalue weighted by molar-refractivity contribution is -0.139. The zero-order valence-electron chi connectivity index (χ0n) is 16.4. The van der Waals surface area contributed by atoms with Crippen LogP contribution in [-0.2, 0) is 19.1 Å². The Morgan fingerprint density at radius 1 is 0.964 bits per heavy atom. The molecule has 0 aliphatic carbocycles. The summed E-state index contributed by atoms with van der Waals surface area (Å²) in [6.07, 6.45) is 1.59. The molecule has 146 valence electrons. The molecule has 1 aliphatic heterocycles. The van der Waals surface area contributed by atoms with Gasteiger partial charge < -0.3 is 14.8 Å². The summed E-state index contributed by atoms with van der Waals surface area (Å²) in [6, 6.07) is 7.44. The largest absolute Gasteiger partial charge is 0.463 e. The number of nitrogens with zero attached hydrogens (tertiary/aromatic N) is 2. The van der Waals surface area contributed by atoms with E-state index in [2.05, 4.69) is 15.3 Å². The van der Waals surface area contributed by atoms with Crippen molar-refractivity contribution >= 4 is 23.0 Å². The van der Waals surface area contributed by atoms with E-state index in [1.807, 2.05) is 24.3 Å². The van der Waals surface area contributed by atoms with Crippen molar-refractivity contribution in [3.05, 3.63) is 58.7 Å². The van der Waals surface area contributed by atoms with Gasteiger partial charge in [-0.15, -0.1) is 0 Å². The predicted octanol–water partition coefficient (Wildman–Crippen LogP) is 2.99. The summed E-state index contributed by atoms with van der Waals surface area (Å²) < 4.78 is 10.5. The van der Waals surface area contributed by atoms with E-state index in [1.165, 1.54) is 0 Å². The summed E-state index contributed by atoms with van der Waals surface area (Å²) in [5.41, 5.74) is 3.80. The van der Waals surface area contributed by atoms with E-state index in [0.29, 0.717) is 33.8 Å². The number of hydrogen-bond acceptors (Lipinski definition) is 7. The van der Waals surface area contributed by atoms with E-state index < -0.39 is 17.9 Å². The van der Waals surface area contributed by atoms with Crippen LogP contribution >= 0.6 is 0 Å². The molecule has 0 spiro atoms. The molecule has 0 atom stereocenters. The molecule has 1 aliphatic rings. The first-order chi connectivity index (χ1) is 13.5. The average Bonchev–Trinajstić information content (AvgIpc) is 2.67. The van der Waals surface area contributed by atoms with Crippen molar-refractivity contribution < 1.29 is 19.1 Å². The average molecular weight is 381 g/mol. The molecule has 1 aromatic carbocycles. The number of benzene rings is 1. The lowest BCUT2D eigenvalue weighted by atomic mass is 9.83. The van der Waals surface area contributed by atoms with Gasteiger partial charge in [0.15, 0.2) is 0 Å². The van der Waals surface area contributed by atoms with E-state index in [0.717, 1.165) is 5.52 Å². The summed E-state index contributed by atoms with van der Waals surface area (Å²) in [6.45, 7) is 7.48. The molecule has 7 nitrogen and oxygen atoms in total. The summed E-state index contributed by atoms with van der Waals surface area (Å²) in [7, 11) is 0. The molecule has 0 saturated carbocycles. The van der Waals surface area contributed by atoms with Crippen molar-refractivity contribution in [1.82, 2.24) is 15.3 Å². The number of allylic oxidation sites excluding steroid dienone is 2. The van der Waals surface area contributed by atoms with Crippen LogP contribution < -0.4 is 5.32 Å². The van der Waals surface area contributed by atoms with Gasteiger partial charge >= 0.3 is 11.9 Å². The van der Waals surface area contributed by atoms with Gasteiger partial charge in [0, 0.05) is 11.4 Å². The van der Waals surface area contributed by atoms with Crippen molar-refractivity contribution in [2.75, 3.05) is 13.2 Å². The van der Waals surface area contributed by atoms with E-state index >= 15 is 0 Å². The van der Waals surface area contributed by atoms with Crippen LogP contribution in [0.4, 0.5) is 0 Å². The number of hydrogen-bond donors (Lipinski definition) is 1. The normalized spacial score (nSPS) is 14.9. The molecule has 0 fully saturated rings. The number of carbonyl (C=O) groups excluding carboxylic acids is 2. The number of carbonyl (C=O) groups is 2. The van der Waals surface area contributed by atoms with Gasteiger partial charge in [-0.3, -0.25) is 4.98 Å². The Labute approximate surface area is 163 Å². The molecule has 28 heavy (non-hydrogen) atoms. The first-order valence-corrected chi connectivity index (χ1v) is 9.22. The highest BCUT2D eigenvalue weighted by Crippen LogP contribution is 2.38. The van der Waals surface area contributed by atoms with E-state index in [-0.39, 0.29) is 13.2 Å². The van der Waals surface area contributed by atoms with Crippen LogP contribution in [0.3, 0.4) is 0 Å². The maximum absolute atomic E-state index is 12.7. The number of fused-ring (bicyclic) bond motifs is 1. The van der Waals surface area contributed by atoms with Crippen LogP contribution in [0.15, 0.2) is 53.0 Å². The van der Waals surface area contributed by atoms with Crippen LogP contribution in [0.25, 0.3) is 11.0 Å². The van der Waals surface area contributed by atoms with Gasteiger partial charge in [0.2, 0.25) is 0 Å². The third-order valence-corrected chi connectivity index (χ3v) is 4.51. The molecule has 7 heteroatoms. The van der Waals surface area contributed by atoms with Crippen LogP contribution in [0.1, 0.15) is 39.3 Å². The van der Waals surface area contributed by atoms with Gasteiger partial charge in [-0.25, -0.2) is 14.6 Å². The van der Waals surface area contributed by atoms with Crippen molar-refractivity contribution in [1.29, 1.82) is 0 Å². The molecule has 2 aromatic rings. The maximum atomic E-state index is 12.7. The number of dihydropyridines is 1. The fourth-order valence-corrected chi connectivity index (χ4v) is 3.36. The molecule has 0 saturated heterocycles. The Morgan fingerprint density at radius 3 is 2.04 bits per heavy atom. The minimum absolute atomic E-state index is 0.225. The van der Waals surface area contributed by atoms with Crippen LogP contribution in [0.2, 0.25) is 0 Å². The van der Waals surface area contributed by atoms with Gasteiger partial charge in [0.1, 0.15) is 0 Å². The summed E-state index contributed by atoms with van der Waals surface area (Å²) in [4.78, 5) is 34.6. The number of esters is 2. The summed E-state index contributed by atoms with van der Waals surface area (Å²) in [5, 5.41) is 3.10. The molecule has 0 bridgehead atoms. The second kappa shape index (κ2) is 8.21. The minimum atomic E-state index is -0.726. The zero-order valence-corrected chi connectivity index (χ0v) is 16.4. The molecule has 1 aromatic heterocycles. The molecule has 1 N–H and O–H groups in total. The molecular formula is C21H23N3O4. The standard InChI is InChI=1S/C21H23N3O4/c1-5-27-20(25)17-12(3)23-13(4)18(21(26)28-6-2)19(17)16-11-22-14-9-7-8-10-15(14)24-16/h7-11,19,23H,5-6H2,1-4H3. The Hall–Kier alpha value is -3.22. The van der Waals surface area contributed by atoms with Crippen molar-refractivity contribution in [3.8, 4) is 0 Å². The van der Waals surface area contributed by atoms with Crippen molar-refractivity contribution in [2.24, 2.45) is 0 Å². The monoisotopic (exact) mass is 381 g/mol. The predicted molar refractivity (Wildman–Crippen MR) is 104 cm³/mol. The fourth-order valence-electron chi connectivity index (χ4n) is 3.36. The highest BCUT2D eigenvalue weighted by molar-refractivity contribution is 5.99. The number of para-hydroxylation sites is 2.